The van der Waals surface area contributed by atoms with E-state index in [1.165, 1.54) is 6.92 Å². The fourth-order valence-corrected chi connectivity index (χ4v) is 1.22. The number of carbonyl (C=O) groups excluding carboxylic acids is 2. The molecule has 0 heterocycles. The van der Waals surface area contributed by atoms with E-state index in [2.05, 4.69) is 4.74 Å². The van der Waals surface area contributed by atoms with Crippen LogP contribution in [0.1, 0.15) is 18.9 Å². The molecular weight excluding hydrogens is 222 g/mol. The summed E-state index contributed by atoms with van der Waals surface area (Å²) < 4.78 is 9.58. The van der Waals surface area contributed by atoms with Crippen molar-refractivity contribution in [3.8, 4) is 0 Å². The zero-order valence-electron chi connectivity index (χ0n) is 9.59. The van der Waals surface area contributed by atoms with Gasteiger partial charge in [-0.05, 0) is 5.56 Å². The average Bonchev–Trinajstić information content (AvgIpc) is 2.26. The van der Waals surface area contributed by atoms with Crippen LogP contribution in [0.5, 0.6) is 0 Å². The van der Waals surface area contributed by atoms with E-state index >= 15 is 0 Å². The Morgan fingerprint density at radius 2 is 1.94 bits per heavy atom. The first kappa shape index (κ1) is 13.2. The molecule has 0 radical (unpaired) electrons. The van der Waals surface area contributed by atoms with Crippen molar-refractivity contribution in [2.45, 2.75) is 26.2 Å². The molecule has 0 bridgehead atoms. The molecule has 2 N–H and O–H groups in total. The van der Waals surface area contributed by atoms with Crippen LogP contribution in [0.4, 0.5) is 0 Å². The maximum absolute atomic E-state index is 11.3. The molecule has 1 unspecified atom stereocenters. The molecule has 0 fully saturated rings. The molecule has 5 heteroatoms. The molecule has 17 heavy (non-hydrogen) atoms. The molecule has 0 spiro atoms. The molecule has 1 atom stereocenters. The molecule has 92 valence electrons. The fourth-order valence-electron chi connectivity index (χ4n) is 1.22. The van der Waals surface area contributed by atoms with Crippen LogP contribution < -0.4 is 5.73 Å². The van der Waals surface area contributed by atoms with E-state index in [1.807, 2.05) is 30.3 Å². The van der Waals surface area contributed by atoms with Gasteiger partial charge in [-0.2, -0.15) is 0 Å². The number of ether oxygens (including phenoxy) is 2. The smallest absolute Gasteiger partial charge is 0.311 e. The van der Waals surface area contributed by atoms with Gasteiger partial charge in [0.1, 0.15) is 6.61 Å². The van der Waals surface area contributed by atoms with Crippen molar-refractivity contribution >= 4 is 11.9 Å². The van der Waals surface area contributed by atoms with Gasteiger partial charge in [-0.15, -0.1) is 0 Å². The minimum atomic E-state index is -0.948. The highest BCUT2D eigenvalue weighted by Crippen LogP contribution is 2.02. The summed E-state index contributed by atoms with van der Waals surface area (Å²) in [5, 5.41) is 0. The lowest BCUT2D eigenvalue weighted by atomic mass is 10.2. The van der Waals surface area contributed by atoms with Crippen LogP contribution in [0.2, 0.25) is 0 Å². The van der Waals surface area contributed by atoms with Gasteiger partial charge in [0.2, 0.25) is 0 Å². The van der Waals surface area contributed by atoms with Crippen LogP contribution in [0.3, 0.4) is 0 Å². The van der Waals surface area contributed by atoms with Crippen molar-refractivity contribution < 1.29 is 19.1 Å². The summed E-state index contributed by atoms with van der Waals surface area (Å²) in [5.74, 6) is -1.02. The summed E-state index contributed by atoms with van der Waals surface area (Å²) in [6.45, 7) is 1.42. The number of benzene rings is 1. The molecule has 1 rings (SSSR count). The lowest BCUT2D eigenvalue weighted by molar-refractivity contribution is -0.153. The summed E-state index contributed by atoms with van der Waals surface area (Å²) in [4.78, 5) is 21.9. The van der Waals surface area contributed by atoms with Crippen LogP contribution in [-0.2, 0) is 25.7 Å². The Morgan fingerprint density at radius 3 is 2.53 bits per heavy atom. The minimum absolute atomic E-state index is 0.146. The van der Waals surface area contributed by atoms with Gasteiger partial charge in [0.05, 0.1) is 6.42 Å². The maximum atomic E-state index is 11.3. The summed E-state index contributed by atoms with van der Waals surface area (Å²) in [7, 11) is 0. The summed E-state index contributed by atoms with van der Waals surface area (Å²) >= 11 is 0. The van der Waals surface area contributed by atoms with E-state index in [-0.39, 0.29) is 13.0 Å². The number of rotatable bonds is 5. The molecule has 0 aromatic heterocycles. The van der Waals surface area contributed by atoms with Gasteiger partial charge >= 0.3 is 11.9 Å². The minimum Gasteiger partial charge on any atom is -0.461 e. The van der Waals surface area contributed by atoms with Crippen molar-refractivity contribution in [1.82, 2.24) is 0 Å². The summed E-state index contributed by atoms with van der Waals surface area (Å²) in [6, 6.07) is 9.28. The zero-order chi connectivity index (χ0) is 12.7. The third kappa shape index (κ3) is 5.67. The number of nitrogens with two attached hydrogens (primary N) is 1. The molecule has 1 aromatic rings. The Kier molecular flexibility index (Phi) is 5.16. The monoisotopic (exact) mass is 237 g/mol. The van der Waals surface area contributed by atoms with Gasteiger partial charge in [0.15, 0.2) is 6.23 Å². The summed E-state index contributed by atoms with van der Waals surface area (Å²) in [5.41, 5.74) is 6.29. The van der Waals surface area contributed by atoms with Gasteiger partial charge in [-0.3, -0.25) is 15.3 Å². The Morgan fingerprint density at radius 1 is 1.29 bits per heavy atom. The van der Waals surface area contributed by atoms with Crippen LogP contribution >= 0.6 is 0 Å². The van der Waals surface area contributed by atoms with E-state index in [1.54, 1.807) is 0 Å². The summed E-state index contributed by atoms with van der Waals surface area (Å²) in [6.07, 6.45) is -1.09. The second-order valence-corrected chi connectivity index (χ2v) is 3.50. The average molecular weight is 237 g/mol. The predicted molar refractivity (Wildman–Crippen MR) is 60.6 cm³/mol. The topological polar surface area (TPSA) is 78.6 Å². The molecule has 0 amide bonds. The molecule has 0 aliphatic carbocycles. The third-order valence-electron chi connectivity index (χ3n) is 1.93. The lowest BCUT2D eigenvalue weighted by Gasteiger charge is -2.11. The standard InChI is InChI=1S/C12H15NO4/c1-9(14)17-11(13)7-12(15)16-8-10-5-3-2-4-6-10/h2-6,11H,7-8,13H2,1H3. The molecule has 0 aliphatic rings. The van der Waals surface area contributed by atoms with E-state index < -0.39 is 18.2 Å². The first-order chi connectivity index (χ1) is 8.08. The number of hydrogen-bond donors (Lipinski definition) is 1. The van der Waals surface area contributed by atoms with Crippen molar-refractivity contribution in [3.05, 3.63) is 35.9 Å². The molecule has 5 nitrogen and oxygen atoms in total. The molecule has 0 aliphatic heterocycles. The highest BCUT2D eigenvalue weighted by molar-refractivity contribution is 5.71. The highest BCUT2D eigenvalue weighted by atomic mass is 16.6. The van der Waals surface area contributed by atoms with Crippen LogP contribution in [0, 0.1) is 0 Å². The third-order valence-corrected chi connectivity index (χ3v) is 1.93. The highest BCUT2D eigenvalue weighted by Gasteiger charge is 2.13. The van der Waals surface area contributed by atoms with E-state index in [0.717, 1.165) is 5.56 Å². The van der Waals surface area contributed by atoms with Gasteiger partial charge in [-0.1, -0.05) is 30.3 Å². The van der Waals surface area contributed by atoms with E-state index in [9.17, 15) is 9.59 Å². The van der Waals surface area contributed by atoms with Gasteiger partial charge in [0.25, 0.3) is 0 Å². The van der Waals surface area contributed by atoms with Crippen molar-refractivity contribution in [2.75, 3.05) is 0 Å². The van der Waals surface area contributed by atoms with E-state index in [0.29, 0.717) is 0 Å². The number of esters is 2. The largest absolute Gasteiger partial charge is 0.461 e. The normalized spacial score (nSPS) is 11.6. The predicted octanol–water partition coefficient (Wildman–Crippen LogP) is 0.968. The first-order valence-electron chi connectivity index (χ1n) is 5.20. The first-order valence-corrected chi connectivity index (χ1v) is 5.20. The second-order valence-electron chi connectivity index (χ2n) is 3.50. The van der Waals surface area contributed by atoms with Crippen LogP contribution in [0.25, 0.3) is 0 Å². The van der Waals surface area contributed by atoms with Crippen molar-refractivity contribution in [1.29, 1.82) is 0 Å². The van der Waals surface area contributed by atoms with Gasteiger partial charge < -0.3 is 9.47 Å². The quantitative estimate of drug-likeness (QED) is 0.609. The number of hydrogen-bond acceptors (Lipinski definition) is 5. The Balaban J connectivity index is 2.28. The Hall–Kier alpha value is -1.88. The molecule has 0 saturated heterocycles. The molecule has 1 aromatic carbocycles. The maximum Gasteiger partial charge on any atom is 0.311 e. The zero-order valence-corrected chi connectivity index (χ0v) is 9.59. The second kappa shape index (κ2) is 6.65. The SMILES string of the molecule is CC(=O)OC(N)CC(=O)OCc1ccccc1. The fraction of sp³-hybridized carbons (Fsp3) is 0.333. The van der Waals surface area contributed by atoms with Crippen LogP contribution in [0.15, 0.2) is 30.3 Å². The van der Waals surface area contributed by atoms with Crippen molar-refractivity contribution in [3.63, 3.8) is 0 Å². The molecule has 0 saturated carbocycles. The Labute approximate surface area is 99.5 Å². The van der Waals surface area contributed by atoms with Crippen molar-refractivity contribution in [2.24, 2.45) is 5.73 Å². The van der Waals surface area contributed by atoms with Gasteiger partial charge in [-0.25, -0.2) is 0 Å². The number of carbonyl (C=O) groups is 2. The molecular formula is C12H15NO4. The van der Waals surface area contributed by atoms with E-state index in [4.69, 9.17) is 10.5 Å². The van der Waals surface area contributed by atoms with Crippen LogP contribution in [-0.4, -0.2) is 18.2 Å². The van der Waals surface area contributed by atoms with Gasteiger partial charge in [0, 0.05) is 6.92 Å². The Bertz CT molecular complexity index is 377. The lowest BCUT2D eigenvalue weighted by Crippen LogP contribution is -2.29.